The summed E-state index contributed by atoms with van der Waals surface area (Å²) in [7, 11) is 0. The van der Waals surface area contributed by atoms with E-state index in [0.29, 0.717) is 34.6 Å². The Hall–Kier alpha value is -4.98. The second kappa shape index (κ2) is 10.6. The van der Waals surface area contributed by atoms with Crippen LogP contribution in [0.25, 0.3) is 40.0 Å². The monoisotopic (exact) mass is 507 g/mol. The molecule has 8 nitrogen and oxygen atoms in total. The van der Waals surface area contributed by atoms with Crippen LogP contribution in [-0.2, 0) is 4.79 Å². The Kier molecular flexibility index (Phi) is 6.86. The van der Waals surface area contributed by atoms with Gasteiger partial charge in [0.25, 0.3) is 5.69 Å². The molecule has 0 fully saturated rings. The number of anilines is 1. The smallest absolute Gasteiger partial charge is 0.280 e. The van der Waals surface area contributed by atoms with Crippen molar-refractivity contribution in [3.05, 3.63) is 106 Å². The third-order valence-corrected chi connectivity index (χ3v) is 6.38. The van der Waals surface area contributed by atoms with Crippen LogP contribution in [-0.4, -0.2) is 15.8 Å². The van der Waals surface area contributed by atoms with Crippen molar-refractivity contribution in [3.63, 3.8) is 0 Å². The lowest BCUT2D eigenvalue weighted by Crippen LogP contribution is -2.07. The molecule has 3 aromatic carbocycles. The first kappa shape index (κ1) is 24.7. The topological polar surface area (TPSA) is 111 Å². The molecule has 8 heteroatoms. The number of hydrogen-bond acceptors (Lipinski definition) is 6. The van der Waals surface area contributed by atoms with E-state index in [2.05, 4.69) is 36.3 Å². The number of nitrogens with zero attached hydrogens (tertiary/aromatic N) is 2. The van der Waals surface area contributed by atoms with Crippen LogP contribution in [0.4, 0.5) is 11.4 Å². The van der Waals surface area contributed by atoms with Crippen molar-refractivity contribution in [2.24, 2.45) is 0 Å². The van der Waals surface area contributed by atoms with Gasteiger partial charge >= 0.3 is 0 Å². The van der Waals surface area contributed by atoms with Crippen LogP contribution in [0.2, 0.25) is 0 Å². The molecule has 1 N–H and O–H groups in total. The Bertz CT molecular complexity index is 1650. The van der Waals surface area contributed by atoms with E-state index >= 15 is 0 Å². The van der Waals surface area contributed by atoms with Gasteiger partial charge in [-0.05, 0) is 78.6 Å². The Morgan fingerprint density at radius 2 is 1.84 bits per heavy atom. The Morgan fingerprint density at radius 3 is 2.61 bits per heavy atom. The van der Waals surface area contributed by atoms with Gasteiger partial charge in [0, 0.05) is 23.4 Å². The number of nitro groups is 1. The second-order valence-corrected chi connectivity index (χ2v) is 8.93. The average Bonchev–Trinajstić information content (AvgIpc) is 3.59. The van der Waals surface area contributed by atoms with Gasteiger partial charge < -0.3 is 14.2 Å². The highest BCUT2D eigenvalue weighted by Gasteiger charge is 2.17. The molecule has 5 rings (SSSR count). The quantitative estimate of drug-likeness (QED) is 0.130. The molecular formula is C30H25N3O5. The average molecular weight is 508 g/mol. The number of carbonyl (C=O) groups is 1. The molecule has 1 unspecified atom stereocenters. The number of oxazole rings is 1. The number of nitrogens with one attached hydrogen (secondary N) is 1. The number of aromatic nitrogens is 1. The Morgan fingerprint density at radius 1 is 1.05 bits per heavy atom. The van der Waals surface area contributed by atoms with Gasteiger partial charge in [0.05, 0.1) is 10.5 Å². The van der Waals surface area contributed by atoms with Crippen molar-refractivity contribution < 1.29 is 18.6 Å². The summed E-state index contributed by atoms with van der Waals surface area (Å²) in [5, 5.41) is 14.1. The Labute approximate surface area is 218 Å². The fourth-order valence-corrected chi connectivity index (χ4v) is 4.08. The molecule has 2 aromatic heterocycles. The van der Waals surface area contributed by atoms with Crippen molar-refractivity contribution in [2.45, 2.75) is 26.2 Å². The van der Waals surface area contributed by atoms with E-state index < -0.39 is 4.92 Å². The Balaban J connectivity index is 1.24. The minimum atomic E-state index is -0.458. The fourth-order valence-electron chi connectivity index (χ4n) is 4.08. The molecule has 0 bridgehead atoms. The summed E-state index contributed by atoms with van der Waals surface area (Å²) in [6.07, 6.45) is 3.90. The number of furan rings is 1. The second-order valence-electron chi connectivity index (χ2n) is 8.93. The predicted octanol–water partition coefficient (Wildman–Crippen LogP) is 7.83. The number of nitro benzene ring substituents is 1. The summed E-state index contributed by atoms with van der Waals surface area (Å²) < 4.78 is 11.6. The highest BCUT2D eigenvalue weighted by atomic mass is 16.6. The lowest BCUT2D eigenvalue weighted by atomic mass is 9.98. The van der Waals surface area contributed by atoms with Gasteiger partial charge in [0.1, 0.15) is 17.0 Å². The van der Waals surface area contributed by atoms with E-state index in [-0.39, 0.29) is 11.6 Å². The number of benzene rings is 3. The van der Waals surface area contributed by atoms with E-state index in [1.165, 1.54) is 23.8 Å². The summed E-state index contributed by atoms with van der Waals surface area (Å²) in [6.45, 7) is 4.35. The number of amides is 1. The first-order valence-corrected chi connectivity index (χ1v) is 12.2. The lowest BCUT2D eigenvalue weighted by molar-refractivity contribution is -0.384. The first-order chi connectivity index (χ1) is 18.4. The number of hydrogen-bond donors (Lipinski definition) is 1. The lowest BCUT2D eigenvalue weighted by Gasteiger charge is -2.07. The van der Waals surface area contributed by atoms with E-state index in [4.69, 9.17) is 8.83 Å². The molecule has 2 heterocycles. The minimum Gasteiger partial charge on any atom is -0.456 e. The van der Waals surface area contributed by atoms with Crippen LogP contribution in [0.3, 0.4) is 0 Å². The summed E-state index contributed by atoms with van der Waals surface area (Å²) >= 11 is 0. The van der Waals surface area contributed by atoms with Gasteiger partial charge in [-0.3, -0.25) is 14.9 Å². The van der Waals surface area contributed by atoms with Gasteiger partial charge in [-0.1, -0.05) is 32.0 Å². The molecule has 0 radical (unpaired) electrons. The molecule has 38 heavy (non-hydrogen) atoms. The zero-order valence-electron chi connectivity index (χ0n) is 20.9. The van der Waals surface area contributed by atoms with Crippen LogP contribution < -0.4 is 5.32 Å². The predicted molar refractivity (Wildman–Crippen MR) is 147 cm³/mol. The first-order valence-electron chi connectivity index (χ1n) is 12.2. The molecule has 0 aliphatic rings. The molecule has 5 aromatic rings. The molecule has 0 aliphatic heterocycles. The molecule has 1 amide bonds. The van der Waals surface area contributed by atoms with Gasteiger partial charge in [-0.15, -0.1) is 0 Å². The maximum atomic E-state index is 12.4. The molecule has 1 atom stereocenters. The van der Waals surface area contributed by atoms with E-state index in [1.54, 1.807) is 42.5 Å². The van der Waals surface area contributed by atoms with E-state index in [0.717, 1.165) is 23.1 Å². The summed E-state index contributed by atoms with van der Waals surface area (Å²) in [5.74, 6) is 1.38. The molecule has 0 spiro atoms. The van der Waals surface area contributed by atoms with Gasteiger partial charge in [-0.2, -0.15) is 0 Å². The number of rotatable bonds is 8. The van der Waals surface area contributed by atoms with E-state index in [1.807, 2.05) is 18.2 Å². The molecule has 0 aliphatic carbocycles. The molecule has 0 saturated carbocycles. The van der Waals surface area contributed by atoms with Crippen LogP contribution in [0.15, 0.2) is 93.8 Å². The van der Waals surface area contributed by atoms with Crippen LogP contribution in [0.1, 0.15) is 37.5 Å². The number of fused-ring (bicyclic) bond motifs is 1. The van der Waals surface area contributed by atoms with E-state index in [9.17, 15) is 14.9 Å². The summed E-state index contributed by atoms with van der Waals surface area (Å²) in [6, 6.07) is 23.0. The maximum absolute atomic E-state index is 12.4. The fraction of sp³-hybridized carbons (Fsp3) is 0.133. The zero-order chi connectivity index (χ0) is 26.6. The van der Waals surface area contributed by atoms with Crippen LogP contribution in [0.5, 0.6) is 0 Å². The normalized spacial score (nSPS) is 12.2. The highest BCUT2D eigenvalue weighted by molar-refractivity contribution is 6.01. The van der Waals surface area contributed by atoms with Crippen molar-refractivity contribution in [1.29, 1.82) is 0 Å². The zero-order valence-corrected chi connectivity index (χ0v) is 20.9. The third kappa shape index (κ3) is 5.24. The SMILES string of the molecule is CCC(C)c1ccc2oc(-c3ccc(NC(=O)/C=C/c4ccc(-c5ccccc5[N+](=O)[O-])o4)cc3)nc2c1. The minimum absolute atomic E-state index is 0.0488. The third-order valence-electron chi connectivity index (χ3n) is 6.38. The molecule has 0 saturated heterocycles. The van der Waals surface area contributed by atoms with Crippen LogP contribution in [0, 0.1) is 10.1 Å². The summed E-state index contributed by atoms with van der Waals surface area (Å²) in [4.78, 5) is 27.9. The maximum Gasteiger partial charge on any atom is 0.280 e. The molecule has 190 valence electrons. The van der Waals surface area contributed by atoms with Gasteiger partial charge in [0.15, 0.2) is 5.58 Å². The van der Waals surface area contributed by atoms with Crippen molar-refractivity contribution in [3.8, 4) is 22.8 Å². The van der Waals surface area contributed by atoms with Crippen LogP contribution >= 0.6 is 0 Å². The van der Waals surface area contributed by atoms with Gasteiger partial charge in [-0.25, -0.2) is 4.98 Å². The number of para-hydroxylation sites is 1. The standard InChI is InChI=1S/C30H25N3O5/c1-3-19(2)21-10-15-28-25(18-21)32-30(38-28)20-8-11-22(12-9-20)31-29(34)17-14-23-13-16-27(37-23)24-6-4-5-7-26(24)33(35)36/h4-19H,3H2,1-2H3,(H,31,34)/b17-14+. The largest absolute Gasteiger partial charge is 0.456 e. The molecular weight excluding hydrogens is 482 g/mol. The summed E-state index contributed by atoms with van der Waals surface area (Å²) in [5.41, 5.74) is 4.53. The van der Waals surface area contributed by atoms with Crippen molar-refractivity contribution in [1.82, 2.24) is 4.98 Å². The number of carbonyl (C=O) groups excluding carboxylic acids is 1. The van der Waals surface area contributed by atoms with Crippen molar-refractivity contribution >= 4 is 34.5 Å². The van der Waals surface area contributed by atoms with Gasteiger partial charge in [0.2, 0.25) is 11.8 Å². The highest BCUT2D eigenvalue weighted by Crippen LogP contribution is 2.31. The van der Waals surface area contributed by atoms with Crippen molar-refractivity contribution in [2.75, 3.05) is 5.32 Å².